The van der Waals surface area contributed by atoms with Crippen molar-refractivity contribution in [2.45, 2.75) is 32.9 Å². The molecule has 0 fully saturated rings. The quantitative estimate of drug-likeness (QED) is 0.606. The van der Waals surface area contributed by atoms with Crippen LogP contribution in [-0.4, -0.2) is 30.8 Å². The minimum atomic E-state index is -0.677. The number of nitrogens with one attached hydrogen (secondary N) is 1. The number of carbonyl (C=O) groups excluding carboxylic acids is 1. The lowest BCUT2D eigenvalue weighted by molar-refractivity contribution is -0.131. The number of methoxy groups -OCH3 is 1. The number of ether oxygens (including phenoxy) is 2. The van der Waals surface area contributed by atoms with Crippen LogP contribution in [0.15, 0.2) is 18.2 Å². The third-order valence-corrected chi connectivity index (χ3v) is 2.54. The van der Waals surface area contributed by atoms with Crippen molar-refractivity contribution in [2.24, 2.45) is 0 Å². The molecule has 5 heteroatoms. The van der Waals surface area contributed by atoms with E-state index in [1.807, 2.05) is 13.8 Å². The zero-order chi connectivity index (χ0) is 14.4. The Balaban J connectivity index is 2.85. The van der Waals surface area contributed by atoms with Gasteiger partial charge in [0.25, 0.3) is 0 Å². The summed E-state index contributed by atoms with van der Waals surface area (Å²) in [5, 5.41) is 13.3. The number of benzene rings is 1. The van der Waals surface area contributed by atoms with E-state index in [1.54, 1.807) is 18.2 Å². The fourth-order valence-corrected chi connectivity index (χ4v) is 1.65. The molecule has 1 unspecified atom stereocenters. The van der Waals surface area contributed by atoms with Gasteiger partial charge in [0.1, 0.15) is 11.5 Å². The van der Waals surface area contributed by atoms with E-state index in [9.17, 15) is 9.90 Å². The van der Waals surface area contributed by atoms with Crippen LogP contribution in [0, 0.1) is 0 Å². The highest BCUT2D eigenvalue weighted by Gasteiger charge is 2.15. The summed E-state index contributed by atoms with van der Waals surface area (Å²) in [6.07, 6.45) is -0.677. The minimum absolute atomic E-state index is 0.293. The van der Waals surface area contributed by atoms with Crippen LogP contribution in [0.2, 0.25) is 0 Å². The van der Waals surface area contributed by atoms with Crippen LogP contribution in [0.1, 0.15) is 32.4 Å². The lowest BCUT2D eigenvalue weighted by Gasteiger charge is -2.17. The van der Waals surface area contributed by atoms with Crippen molar-refractivity contribution in [1.82, 2.24) is 5.32 Å². The Morgan fingerprint density at radius 2 is 2.11 bits per heavy atom. The third-order valence-electron chi connectivity index (χ3n) is 2.54. The van der Waals surface area contributed by atoms with Gasteiger partial charge >= 0.3 is 5.97 Å². The van der Waals surface area contributed by atoms with Gasteiger partial charge in [0.2, 0.25) is 0 Å². The first-order chi connectivity index (χ1) is 8.93. The monoisotopic (exact) mass is 267 g/mol. The number of hydrogen-bond acceptors (Lipinski definition) is 5. The highest BCUT2D eigenvalue weighted by atomic mass is 16.5. The summed E-state index contributed by atoms with van der Waals surface area (Å²) in [6.45, 7) is 5.78. The predicted octanol–water partition coefficient (Wildman–Crippen LogP) is 1.65. The van der Waals surface area contributed by atoms with Crippen LogP contribution in [0.25, 0.3) is 0 Å². The summed E-state index contributed by atoms with van der Waals surface area (Å²) >= 11 is 0. The topological polar surface area (TPSA) is 67.8 Å². The molecule has 0 aliphatic carbocycles. The van der Waals surface area contributed by atoms with E-state index < -0.39 is 12.1 Å². The van der Waals surface area contributed by atoms with Crippen LogP contribution in [-0.2, 0) is 4.79 Å². The van der Waals surface area contributed by atoms with Crippen molar-refractivity contribution in [3.05, 3.63) is 23.8 Å². The lowest BCUT2D eigenvalue weighted by Crippen LogP contribution is -2.28. The van der Waals surface area contributed by atoms with Crippen LogP contribution >= 0.6 is 0 Å². The number of hydrogen-bond donors (Lipinski definition) is 2. The minimum Gasteiger partial charge on any atom is -0.496 e. The van der Waals surface area contributed by atoms with Gasteiger partial charge in [-0.1, -0.05) is 13.8 Å². The fraction of sp³-hybridized carbons (Fsp3) is 0.500. The number of rotatable bonds is 6. The van der Waals surface area contributed by atoms with E-state index in [-0.39, 0.29) is 0 Å². The maximum atomic E-state index is 10.9. The molecule has 0 aliphatic heterocycles. The van der Waals surface area contributed by atoms with Crippen molar-refractivity contribution in [3.63, 3.8) is 0 Å². The normalized spacial score (nSPS) is 12.3. The zero-order valence-corrected chi connectivity index (χ0v) is 11.8. The lowest BCUT2D eigenvalue weighted by atomic mass is 10.1. The first kappa shape index (κ1) is 15.5. The van der Waals surface area contributed by atoms with Gasteiger partial charge in [-0.25, -0.2) is 0 Å². The van der Waals surface area contributed by atoms with Gasteiger partial charge in [-0.3, -0.25) is 4.79 Å². The Hall–Kier alpha value is -1.59. The molecule has 0 saturated heterocycles. The smallest absolute Gasteiger partial charge is 0.308 e. The SMILES string of the molecule is COc1cc(OC(C)=O)ccc1C(O)CNC(C)C. The summed E-state index contributed by atoms with van der Waals surface area (Å²) in [6, 6.07) is 5.22. The molecular weight excluding hydrogens is 246 g/mol. The maximum Gasteiger partial charge on any atom is 0.308 e. The Kier molecular flexibility index (Phi) is 5.79. The van der Waals surface area contributed by atoms with Gasteiger partial charge in [-0.15, -0.1) is 0 Å². The molecule has 5 nitrogen and oxygen atoms in total. The molecular formula is C14H21NO4. The van der Waals surface area contributed by atoms with Crippen molar-refractivity contribution >= 4 is 5.97 Å². The van der Waals surface area contributed by atoms with Gasteiger partial charge < -0.3 is 19.9 Å². The third kappa shape index (κ3) is 4.89. The average Bonchev–Trinajstić information content (AvgIpc) is 2.35. The van der Waals surface area contributed by atoms with E-state index in [4.69, 9.17) is 9.47 Å². The molecule has 1 aromatic carbocycles. The van der Waals surface area contributed by atoms with Crippen LogP contribution in [0.5, 0.6) is 11.5 Å². The van der Waals surface area contributed by atoms with Gasteiger partial charge in [-0.05, 0) is 12.1 Å². The van der Waals surface area contributed by atoms with Crippen molar-refractivity contribution in [3.8, 4) is 11.5 Å². The molecule has 2 N–H and O–H groups in total. The first-order valence-corrected chi connectivity index (χ1v) is 6.21. The molecule has 1 rings (SSSR count). The second-order valence-corrected chi connectivity index (χ2v) is 4.58. The highest BCUT2D eigenvalue weighted by molar-refractivity contribution is 5.69. The van der Waals surface area contributed by atoms with E-state index >= 15 is 0 Å². The summed E-state index contributed by atoms with van der Waals surface area (Å²) in [5.41, 5.74) is 0.659. The van der Waals surface area contributed by atoms with Gasteiger partial charge in [0.05, 0.1) is 13.2 Å². The number of carbonyl (C=O) groups is 1. The van der Waals surface area contributed by atoms with Crippen LogP contribution in [0.4, 0.5) is 0 Å². The fourth-order valence-electron chi connectivity index (χ4n) is 1.65. The van der Waals surface area contributed by atoms with Crippen molar-refractivity contribution in [2.75, 3.05) is 13.7 Å². The van der Waals surface area contributed by atoms with E-state index in [1.165, 1.54) is 14.0 Å². The first-order valence-electron chi connectivity index (χ1n) is 6.21. The van der Waals surface area contributed by atoms with Crippen molar-refractivity contribution in [1.29, 1.82) is 0 Å². The molecule has 0 amide bonds. The molecule has 1 aromatic rings. The molecule has 0 radical (unpaired) electrons. The zero-order valence-electron chi connectivity index (χ0n) is 11.8. The molecule has 0 bridgehead atoms. The average molecular weight is 267 g/mol. The second-order valence-electron chi connectivity index (χ2n) is 4.58. The van der Waals surface area contributed by atoms with Crippen LogP contribution in [0.3, 0.4) is 0 Å². The molecule has 0 heterocycles. The van der Waals surface area contributed by atoms with Crippen LogP contribution < -0.4 is 14.8 Å². The summed E-state index contributed by atoms with van der Waals surface area (Å²) in [4.78, 5) is 10.9. The van der Waals surface area contributed by atoms with E-state index in [2.05, 4.69) is 5.32 Å². The Bertz CT molecular complexity index is 431. The molecule has 0 spiro atoms. The predicted molar refractivity (Wildman–Crippen MR) is 72.4 cm³/mol. The van der Waals surface area contributed by atoms with E-state index in [0.29, 0.717) is 29.6 Å². The molecule has 1 atom stereocenters. The van der Waals surface area contributed by atoms with Crippen molar-refractivity contribution < 1.29 is 19.4 Å². The second kappa shape index (κ2) is 7.11. The number of aliphatic hydroxyl groups is 1. The van der Waals surface area contributed by atoms with Gasteiger partial charge in [0, 0.05) is 31.1 Å². The number of aliphatic hydroxyl groups excluding tert-OH is 1. The Morgan fingerprint density at radius 3 is 2.63 bits per heavy atom. The summed E-state index contributed by atoms with van der Waals surface area (Å²) < 4.78 is 10.2. The summed E-state index contributed by atoms with van der Waals surface area (Å²) in [7, 11) is 1.51. The Morgan fingerprint density at radius 1 is 1.42 bits per heavy atom. The molecule has 19 heavy (non-hydrogen) atoms. The highest BCUT2D eigenvalue weighted by Crippen LogP contribution is 2.29. The number of esters is 1. The molecule has 0 aromatic heterocycles. The van der Waals surface area contributed by atoms with Gasteiger partial charge in [-0.2, -0.15) is 0 Å². The molecule has 106 valence electrons. The standard InChI is InChI=1S/C14H21NO4/c1-9(2)15-8-13(17)12-6-5-11(19-10(3)16)7-14(12)18-4/h5-7,9,13,15,17H,8H2,1-4H3. The molecule has 0 aliphatic rings. The van der Waals surface area contributed by atoms with E-state index in [0.717, 1.165) is 0 Å². The van der Waals surface area contributed by atoms with Gasteiger partial charge in [0.15, 0.2) is 0 Å². The summed E-state index contributed by atoms with van der Waals surface area (Å²) in [5.74, 6) is 0.505. The maximum absolute atomic E-state index is 10.9. The Labute approximate surface area is 113 Å². The molecule has 0 saturated carbocycles. The largest absolute Gasteiger partial charge is 0.496 e.